The minimum Gasteiger partial charge on any atom is -0.495 e. The Kier molecular flexibility index (Phi) is 4.35. The number of carbonyl (C=O) groups excluding carboxylic acids is 2. The van der Waals surface area contributed by atoms with Crippen LogP contribution >= 0.6 is 11.6 Å². The minimum absolute atomic E-state index is 0.0293. The van der Waals surface area contributed by atoms with Crippen molar-refractivity contribution in [3.8, 4) is 5.75 Å². The molecule has 2 aliphatic rings. The highest BCUT2D eigenvalue weighted by Crippen LogP contribution is 2.29. The number of nitrogens with one attached hydrogen (secondary N) is 1. The van der Waals surface area contributed by atoms with E-state index < -0.39 is 6.04 Å². The largest absolute Gasteiger partial charge is 0.495 e. The molecule has 1 N–H and O–H groups in total. The van der Waals surface area contributed by atoms with Gasteiger partial charge in [0.25, 0.3) is 0 Å². The summed E-state index contributed by atoms with van der Waals surface area (Å²) in [6.07, 6.45) is 1.96. The molecule has 0 aliphatic carbocycles. The van der Waals surface area contributed by atoms with E-state index in [0.29, 0.717) is 23.0 Å². The molecule has 2 saturated heterocycles. The lowest BCUT2D eigenvalue weighted by Crippen LogP contribution is -2.60. The molecule has 0 aromatic heterocycles. The third kappa shape index (κ3) is 2.95. The fraction of sp³-hybridized carbons (Fsp3) is 0.500. The van der Waals surface area contributed by atoms with E-state index in [0.717, 1.165) is 19.4 Å². The van der Waals surface area contributed by atoms with Crippen LogP contribution in [0.4, 0.5) is 10.5 Å². The van der Waals surface area contributed by atoms with E-state index in [1.54, 1.807) is 30.0 Å². The molecule has 0 unspecified atom stereocenters. The van der Waals surface area contributed by atoms with Crippen LogP contribution in [0.3, 0.4) is 0 Å². The summed E-state index contributed by atoms with van der Waals surface area (Å²) in [7, 11) is 1.54. The molecule has 0 spiro atoms. The normalized spacial score (nSPS) is 23.7. The first-order chi connectivity index (χ1) is 11.0. The van der Waals surface area contributed by atoms with Crippen LogP contribution in [0.25, 0.3) is 0 Å². The van der Waals surface area contributed by atoms with E-state index in [4.69, 9.17) is 16.3 Å². The number of ether oxygens (including phenoxy) is 1. The fourth-order valence-electron chi connectivity index (χ4n) is 3.27. The van der Waals surface area contributed by atoms with Gasteiger partial charge in [-0.3, -0.25) is 4.79 Å². The predicted molar refractivity (Wildman–Crippen MR) is 87.9 cm³/mol. The van der Waals surface area contributed by atoms with Crippen LogP contribution in [-0.2, 0) is 4.79 Å². The number of amides is 3. The van der Waals surface area contributed by atoms with Gasteiger partial charge in [0, 0.05) is 24.8 Å². The number of fused-ring (bicyclic) bond motifs is 1. The van der Waals surface area contributed by atoms with Gasteiger partial charge in [-0.05, 0) is 38.0 Å². The van der Waals surface area contributed by atoms with Crippen molar-refractivity contribution in [2.75, 3.05) is 25.5 Å². The van der Waals surface area contributed by atoms with Crippen molar-refractivity contribution in [3.05, 3.63) is 23.2 Å². The standard InChI is InChI=1S/C16H20ClN3O3/c1-10-15(21)19-7-3-4-12(19)9-20(10)16(22)18-11-5-6-14(23-2)13(17)8-11/h5-6,8,10,12H,3-4,7,9H2,1-2H3,(H,18,22)/t10-,12-/m1/s1. The highest BCUT2D eigenvalue weighted by molar-refractivity contribution is 6.32. The third-order valence-electron chi connectivity index (χ3n) is 4.56. The van der Waals surface area contributed by atoms with Crippen LogP contribution in [0.1, 0.15) is 19.8 Å². The number of hydrogen-bond donors (Lipinski definition) is 1. The molecule has 0 radical (unpaired) electrons. The number of piperazine rings is 1. The third-order valence-corrected chi connectivity index (χ3v) is 4.85. The Morgan fingerprint density at radius 1 is 1.43 bits per heavy atom. The van der Waals surface area contributed by atoms with E-state index in [-0.39, 0.29) is 18.0 Å². The van der Waals surface area contributed by atoms with Gasteiger partial charge in [0.2, 0.25) is 5.91 Å². The van der Waals surface area contributed by atoms with Crippen LogP contribution < -0.4 is 10.1 Å². The number of hydrogen-bond acceptors (Lipinski definition) is 3. The molecule has 2 heterocycles. The Morgan fingerprint density at radius 2 is 2.22 bits per heavy atom. The molecule has 6 nitrogen and oxygen atoms in total. The Morgan fingerprint density at radius 3 is 2.91 bits per heavy atom. The van der Waals surface area contributed by atoms with Gasteiger partial charge in [-0.25, -0.2) is 4.79 Å². The van der Waals surface area contributed by atoms with Crippen molar-refractivity contribution in [1.29, 1.82) is 0 Å². The average molecular weight is 338 g/mol. The molecule has 3 amide bonds. The summed E-state index contributed by atoms with van der Waals surface area (Å²) in [6.45, 7) is 3.15. The second-order valence-electron chi connectivity index (χ2n) is 5.94. The minimum atomic E-state index is -0.446. The number of nitrogens with zero attached hydrogens (tertiary/aromatic N) is 2. The topological polar surface area (TPSA) is 61.9 Å². The van der Waals surface area contributed by atoms with Crippen molar-refractivity contribution in [3.63, 3.8) is 0 Å². The number of carbonyl (C=O) groups is 2. The quantitative estimate of drug-likeness (QED) is 0.902. The summed E-state index contributed by atoms with van der Waals surface area (Å²) < 4.78 is 5.09. The van der Waals surface area contributed by atoms with Gasteiger partial charge in [-0.2, -0.15) is 0 Å². The van der Waals surface area contributed by atoms with Crippen LogP contribution in [0.5, 0.6) is 5.75 Å². The number of benzene rings is 1. The molecule has 3 rings (SSSR count). The number of methoxy groups -OCH3 is 1. The molecule has 2 atom stereocenters. The summed E-state index contributed by atoms with van der Waals surface area (Å²) in [5.41, 5.74) is 0.578. The van der Waals surface area contributed by atoms with Gasteiger partial charge >= 0.3 is 6.03 Å². The highest BCUT2D eigenvalue weighted by Gasteiger charge is 2.42. The first-order valence-electron chi connectivity index (χ1n) is 7.73. The van der Waals surface area contributed by atoms with Crippen molar-refractivity contribution in [1.82, 2.24) is 9.80 Å². The van der Waals surface area contributed by atoms with Gasteiger partial charge in [0.15, 0.2) is 0 Å². The summed E-state index contributed by atoms with van der Waals surface area (Å²) in [6, 6.07) is 4.47. The number of halogens is 1. The second kappa shape index (κ2) is 6.28. The van der Waals surface area contributed by atoms with Crippen molar-refractivity contribution in [2.45, 2.75) is 31.8 Å². The van der Waals surface area contributed by atoms with E-state index >= 15 is 0 Å². The number of rotatable bonds is 2. The summed E-state index contributed by atoms with van der Waals surface area (Å²) >= 11 is 6.07. The Bertz CT molecular complexity index is 637. The summed E-state index contributed by atoms with van der Waals surface area (Å²) in [4.78, 5) is 28.4. The zero-order chi connectivity index (χ0) is 16.6. The van der Waals surface area contributed by atoms with Gasteiger partial charge in [0.05, 0.1) is 12.1 Å². The van der Waals surface area contributed by atoms with Crippen LogP contribution in [0.15, 0.2) is 18.2 Å². The predicted octanol–water partition coefficient (Wildman–Crippen LogP) is 2.58. The Balaban J connectivity index is 1.72. The number of urea groups is 1. The lowest BCUT2D eigenvalue weighted by Gasteiger charge is -2.41. The first-order valence-corrected chi connectivity index (χ1v) is 8.10. The van der Waals surface area contributed by atoms with Gasteiger partial charge in [0.1, 0.15) is 11.8 Å². The molecule has 0 saturated carbocycles. The SMILES string of the molecule is COc1ccc(NC(=O)N2C[C@H]3CCCN3C(=O)[C@H]2C)cc1Cl. The molecule has 0 bridgehead atoms. The average Bonchev–Trinajstić information content (AvgIpc) is 2.99. The highest BCUT2D eigenvalue weighted by atomic mass is 35.5. The summed E-state index contributed by atoms with van der Waals surface area (Å²) in [5, 5.41) is 3.24. The zero-order valence-electron chi connectivity index (χ0n) is 13.2. The van der Waals surface area contributed by atoms with Gasteiger partial charge in [-0.1, -0.05) is 11.6 Å². The maximum Gasteiger partial charge on any atom is 0.322 e. The van der Waals surface area contributed by atoms with Crippen molar-refractivity contribution in [2.24, 2.45) is 0 Å². The first kappa shape index (κ1) is 15.9. The van der Waals surface area contributed by atoms with Crippen molar-refractivity contribution < 1.29 is 14.3 Å². The Hall–Kier alpha value is -1.95. The summed E-state index contributed by atoms with van der Waals surface area (Å²) in [5.74, 6) is 0.578. The molecular formula is C16H20ClN3O3. The monoisotopic (exact) mass is 337 g/mol. The second-order valence-corrected chi connectivity index (χ2v) is 6.34. The number of anilines is 1. The van der Waals surface area contributed by atoms with E-state index in [9.17, 15) is 9.59 Å². The fourth-order valence-corrected chi connectivity index (χ4v) is 3.53. The maximum absolute atomic E-state index is 12.5. The molecular weight excluding hydrogens is 318 g/mol. The lowest BCUT2D eigenvalue weighted by molar-refractivity contribution is -0.140. The molecule has 1 aromatic rings. The molecule has 2 aliphatic heterocycles. The molecule has 2 fully saturated rings. The van der Waals surface area contributed by atoms with Crippen LogP contribution in [-0.4, -0.2) is 54.0 Å². The lowest BCUT2D eigenvalue weighted by atomic mass is 10.1. The molecule has 124 valence electrons. The van der Waals surface area contributed by atoms with Gasteiger partial charge < -0.3 is 19.9 Å². The van der Waals surface area contributed by atoms with E-state index in [2.05, 4.69) is 5.32 Å². The zero-order valence-corrected chi connectivity index (χ0v) is 14.0. The van der Waals surface area contributed by atoms with Crippen LogP contribution in [0, 0.1) is 0 Å². The van der Waals surface area contributed by atoms with E-state index in [1.807, 2.05) is 4.90 Å². The molecule has 1 aromatic carbocycles. The van der Waals surface area contributed by atoms with Gasteiger partial charge in [-0.15, -0.1) is 0 Å². The Labute approximate surface area is 140 Å². The molecule has 7 heteroatoms. The van der Waals surface area contributed by atoms with E-state index in [1.165, 1.54) is 7.11 Å². The smallest absolute Gasteiger partial charge is 0.322 e. The molecule has 23 heavy (non-hydrogen) atoms. The van der Waals surface area contributed by atoms with Crippen molar-refractivity contribution >= 4 is 29.2 Å². The maximum atomic E-state index is 12.5. The van der Waals surface area contributed by atoms with Crippen LogP contribution in [0.2, 0.25) is 5.02 Å².